The number of rotatable bonds is 5. The molecule has 0 saturated heterocycles. The van der Waals surface area contributed by atoms with Crippen molar-refractivity contribution in [2.75, 3.05) is 11.3 Å². The van der Waals surface area contributed by atoms with Crippen LogP contribution in [0.2, 0.25) is 5.02 Å². The van der Waals surface area contributed by atoms with Gasteiger partial charge in [-0.05, 0) is 12.0 Å². The first kappa shape index (κ1) is 15.0. The SMILES string of the molecule is CC(C)CNS(=O)(=O)Nc1cc(F)cc(Cl)c1O. The molecule has 0 amide bonds. The lowest BCUT2D eigenvalue weighted by Crippen LogP contribution is -2.32. The van der Waals surface area contributed by atoms with Gasteiger partial charge in [0, 0.05) is 12.6 Å². The molecule has 0 aliphatic carbocycles. The summed E-state index contributed by atoms with van der Waals surface area (Å²) in [6.07, 6.45) is 0. The van der Waals surface area contributed by atoms with E-state index in [9.17, 15) is 17.9 Å². The van der Waals surface area contributed by atoms with Crippen LogP contribution in [0.5, 0.6) is 5.75 Å². The lowest BCUT2D eigenvalue weighted by atomic mass is 10.2. The van der Waals surface area contributed by atoms with E-state index < -0.39 is 21.8 Å². The number of hydrogen-bond acceptors (Lipinski definition) is 3. The van der Waals surface area contributed by atoms with Crippen LogP contribution in [0.3, 0.4) is 0 Å². The molecule has 18 heavy (non-hydrogen) atoms. The van der Waals surface area contributed by atoms with Crippen molar-refractivity contribution in [1.29, 1.82) is 0 Å². The summed E-state index contributed by atoms with van der Waals surface area (Å²) in [5.74, 6) is -1.15. The van der Waals surface area contributed by atoms with Crippen LogP contribution in [-0.4, -0.2) is 20.1 Å². The van der Waals surface area contributed by atoms with Gasteiger partial charge < -0.3 is 5.11 Å². The fourth-order valence-corrected chi connectivity index (χ4v) is 2.38. The number of halogens is 2. The van der Waals surface area contributed by atoms with Gasteiger partial charge in [-0.25, -0.2) is 4.39 Å². The van der Waals surface area contributed by atoms with Crippen molar-refractivity contribution in [1.82, 2.24) is 4.72 Å². The van der Waals surface area contributed by atoms with E-state index in [0.29, 0.717) is 0 Å². The highest BCUT2D eigenvalue weighted by atomic mass is 35.5. The van der Waals surface area contributed by atoms with Gasteiger partial charge in [-0.1, -0.05) is 25.4 Å². The topological polar surface area (TPSA) is 78.4 Å². The van der Waals surface area contributed by atoms with E-state index in [1.54, 1.807) is 0 Å². The molecule has 0 radical (unpaired) electrons. The van der Waals surface area contributed by atoms with E-state index in [-0.39, 0.29) is 23.2 Å². The largest absolute Gasteiger partial charge is 0.504 e. The van der Waals surface area contributed by atoms with Gasteiger partial charge in [0.1, 0.15) is 5.82 Å². The van der Waals surface area contributed by atoms with Crippen molar-refractivity contribution in [2.24, 2.45) is 5.92 Å². The zero-order chi connectivity index (χ0) is 13.9. The first-order chi connectivity index (χ1) is 8.21. The van der Waals surface area contributed by atoms with Gasteiger partial charge in [0.05, 0.1) is 10.7 Å². The molecule has 1 aromatic carbocycles. The highest BCUT2D eigenvalue weighted by Gasteiger charge is 2.15. The van der Waals surface area contributed by atoms with Crippen molar-refractivity contribution in [3.8, 4) is 5.75 Å². The second-order valence-electron chi connectivity index (χ2n) is 4.13. The zero-order valence-corrected chi connectivity index (χ0v) is 11.4. The lowest BCUT2D eigenvalue weighted by Gasteiger charge is -2.12. The molecule has 0 aliphatic heterocycles. The Labute approximate surface area is 110 Å². The van der Waals surface area contributed by atoms with Gasteiger partial charge in [-0.2, -0.15) is 13.1 Å². The summed E-state index contributed by atoms with van der Waals surface area (Å²) in [4.78, 5) is 0. The van der Waals surface area contributed by atoms with Crippen molar-refractivity contribution >= 4 is 27.5 Å². The molecule has 0 atom stereocenters. The third-order valence-electron chi connectivity index (χ3n) is 1.95. The summed E-state index contributed by atoms with van der Waals surface area (Å²) in [5, 5.41) is 9.24. The highest BCUT2D eigenvalue weighted by molar-refractivity contribution is 7.90. The van der Waals surface area contributed by atoms with Gasteiger partial charge >= 0.3 is 0 Å². The zero-order valence-electron chi connectivity index (χ0n) is 9.87. The van der Waals surface area contributed by atoms with Crippen molar-refractivity contribution in [2.45, 2.75) is 13.8 Å². The van der Waals surface area contributed by atoms with E-state index in [1.807, 2.05) is 18.6 Å². The van der Waals surface area contributed by atoms with Gasteiger partial charge in [-0.3, -0.25) is 4.72 Å². The molecule has 0 saturated carbocycles. The quantitative estimate of drug-likeness (QED) is 0.728. The fourth-order valence-electron chi connectivity index (χ4n) is 1.10. The number of hydrogen-bond donors (Lipinski definition) is 3. The molecule has 8 heteroatoms. The maximum atomic E-state index is 13.0. The average Bonchev–Trinajstić information content (AvgIpc) is 2.22. The molecule has 0 aliphatic rings. The molecule has 102 valence electrons. The predicted octanol–water partition coefficient (Wildman–Crippen LogP) is 2.09. The molecule has 5 nitrogen and oxygen atoms in total. The lowest BCUT2D eigenvalue weighted by molar-refractivity contribution is 0.475. The first-order valence-electron chi connectivity index (χ1n) is 5.16. The molecule has 0 aromatic heterocycles. The molecule has 1 rings (SSSR count). The smallest absolute Gasteiger partial charge is 0.299 e. The van der Waals surface area contributed by atoms with Crippen LogP contribution in [0.4, 0.5) is 10.1 Å². The third-order valence-corrected chi connectivity index (χ3v) is 3.28. The molecular formula is C10H14ClFN2O3S. The second-order valence-corrected chi connectivity index (χ2v) is 6.04. The Morgan fingerprint density at radius 1 is 1.44 bits per heavy atom. The molecule has 0 bridgehead atoms. The number of phenols is 1. The summed E-state index contributed by atoms with van der Waals surface area (Å²) in [6, 6.07) is 1.73. The second kappa shape index (κ2) is 5.73. The Morgan fingerprint density at radius 2 is 2.06 bits per heavy atom. The van der Waals surface area contributed by atoms with Crippen LogP contribution in [0.15, 0.2) is 12.1 Å². The number of phenolic OH excluding ortho intramolecular Hbond substituents is 1. The average molecular weight is 297 g/mol. The van der Waals surface area contributed by atoms with E-state index in [1.165, 1.54) is 0 Å². The highest BCUT2D eigenvalue weighted by Crippen LogP contribution is 2.33. The van der Waals surface area contributed by atoms with Crippen LogP contribution in [-0.2, 0) is 10.2 Å². The van der Waals surface area contributed by atoms with Crippen LogP contribution < -0.4 is 9.44 Å². The summed E-state index contributed by atoms with van der Waals surface area (Å²) in [7, 11) is -3.87. The third kappa shape index (κ3) is 4.32. The van der Waals surface area contributed by atoms with Crippen LogP contribution >= 0.6 is 11.6 Å². The standard InChI is InChI=1S/C10H14ClFN2O3S/c1-6(2)5-13-18(16,17)14-9-4-7(12)3-8(11)10(9)15/h3-4,6,13-15H,5H2,1-2H3. The van der Waals surface area contributed by atoms with Gasteiger partial charge in [0.25, 0.3) is 10.2 Å². The van der Waals surface area contributed by atoms with Crippen LogP contribution in [0, 0.1) is 11.7 Å². The molecule has 0 unspecified atom stereocenters. The monoisotopic (exact) mass is 296 g/mol. The van der Waals surface area contributed by atoms with Crippen molar-refractivity contribution in [3.63, 3.8) is 0 Å². The van der Waals surface area contributed by atoms with E-state index >= 15 is 0 Å². The van der Waals surface area contributed by atoms with Crippen molar-refractivity contribution < 1.29 is 17.9 Å². The normalized spacial score (nSPS) is 11.8. The summed E-state index contributed by atoms with van der Waals surface area (Å²) in [5.41, 5.74) is -0.309. The molecule has 0 fully saturated rings. The predicted molar refractivity (Wildman–Crippen MR) is 68.5 cm³/mol. The minimum Gasteiger partial charge on any atom is -0.504 e. The van der Waals surface area contributed by atoms with Crippen LogP contribution in [0.25, 0.3) is 0 Å². The summed E-state index contributed by atoms with van der Waals surface area (Å²) >= 11 is 5.53. The Bertz CT molecular complexity index is 534. The summed E-state index contributed by atoms with van der Waals surface area (Å²) in [6.45, 7) is 3.89. The minimum absolute atomic E-state index is 0.117. The maximum absolute atomic E-state index is 13.0. The van der Waals surface area contributed by atoms with E-state index in [2.05, 4.69) is 4.72 Å². The Balaban J connectivity index is 2.91. The summed E-state index contributed by atoms with van der Waals surface area (Å²) < 4.78 is 40.5. The molecule has 3 N–H and O–H groups in total. The molecule has 0 spiro atoms. The number of nitrogens with one attached hydrogen (secondary N) is 2. The number of aromatic hydroxyl groups is 1. The molecule has 1 aromatic rings. The number of anilines is 1. The van der Waals surface area contributed by atoms with Crippen molar-refractivity contribution in [3.05, 3.63) is 23.0 Å². The van der Waals surface area contributed by atoms with E-state index in [4.69, 9.17) is 11.6 Å². The molecule has 0 heterocycles. The maximum Gasteiger partial charge on any atom is 0.299 e. The number of benzene rings is 1. The van der Waals surface area contributed by atoms with Gasteiger partial charge in [0.2, 0.25) is 0 Å². The Kier molecular flexibility index (Phi) is 4.78. The van der Waals surface area contributed by atoms with Crippen LogP contribution in [0.1, 0.15) is 13.8 Å². The van der Waals surface area contributed by atoms with E-state index in [0.717, 1.165) is 12.1 Å². The van der Waals surface area contributed by atoms with Gasteiger partial charge in [0.15, 0.2) is 5.75 Å². The Morgan fingerprint density at radius 3 is 2.61 bits per heavy atom. The molecular weight excluding hydrogens is 283 g/mol. The Hall–Kier alpha value is -1.05. The first-order valence-corrected chi connectivity index (χ1v) is 7.03. The van der Waals surface area contributed by atoms with Gasteiger partial charge in [-0.15, -0.1) is 0 Å². The fraction of sp³-hybridized carbons (Fsp3) is 0.400. The minimum atomic E-state index is -3.87.